The molecule has 0 atom stereocenters. The molecule has 25 heavy (non-hydrogen) atoms. The molecule has 2 aromatic rings. The Bertz CT molecular complexity index is 742. The largest absolute Gasteiger partial charge is 0.493 e. The van der Waals surface area contributed by atoms with Crippen molar-refractivity contribution in [2.45, 2.75) is 27.3 Å². The molecule has 134 valence electrons. The maximum Gasteiger partial charge on any atom is 0.196 e. The number of nitrogens with one attached hydrogen (secondary N) is 2. The summed E-state index contributed by atoms with van der Waals surface area (Å²) in [6, 6.07) is 12.1. The molecule has 2 aromatic carbocycles. The summed E-state index contributed by atoms with van der Waals surface area (Å²) in [6.07, 6.45) is 0. The van der Waals surface area contributed by atoms with Crippen LogP contribution < -0.4 is 20.1 Å². The van der Waals surface area contributed by atoms with Crippen LogP contribution in [-0.2, 0) is 6.54 Å². The summed E-state index contributed by atoms with van der Waals surface area (Å²) in [6.45, 7) is 7.67. The molecule has 0 radical (unpaired) electrons. The fraction of sp³-hybridized carbons (Fsp3) is 0.350. The van der Waals surface area contributed by atoms with Gasteiger partial charge in [0.15, 0.2) is 17.5 Å². The highest BCUT2D eigenvalue weighted by molar-refractivity contribution is 5.93. The minimum absolute atomic E-state index is 0.620. The van der Waals surface area contributed by atoms with Gasteiger partial charge in [-0.2, -0.15) is 0 Å². The monoisotopic (exact) mass is 341 g/mol. The SMILES string of the molecule is CCNC(=NCc1ccc(C)cc1C)Nc1ccc(OC)c(OC)c1. The van der Waals surface area contributed by atoms with Crippen LogP contribution in [0.25, 0.3) is 0 Å². The lowest BCUT2D eigenvalue weighted by Crippen LogP contribution is -2.30. The second-order valence-corrected chi connectivity index (χ2v) is 5.82. The Balaban J connectivity index is 2.17. The van der Waals surface area contributed by atoms with E-state index in [-0.39, 0.29) is 0 Å². The smallest absolute Gasteiger partial charge is 0.196 e. The quantitative estimate of drug-likeness (QED) is 0.618. The Morgan fingerprint density at radius 2 is 1.76 bits per heavy atom. The molecular weight excluding hydrogens is 314 g/mol. The molecule has 2 rings (SSSR count). The van der Waals surface area contributed by atoms with Gasteiger partial charge in [-0.25, -0.2) is 4.99 Å². The highest BCUT2D eigenvalue weighted by Crippen LogP contribution is 2.29. The summed E-state index contributed by atoms with van der Waals surface area (Å²) in [5.41, 5.74) is 4.62. The van der Waals surface area contributed by atoms with E-state index in [1.165, 1.54) is 16.7 Å². The van der Waals surface area contributed by atoms with Crippen LogP contribution in [0.5, 0.6) is 11.5 Å². The molecule has 0 saturated carbocycles. The van der Waals surface area contributed by atoms with Crippen molar-refractivity contribution in [2.75, 3.05) is 26.1 Å². The topological polar surface area (TPSA) is 54.9 Å². The first-order valence-electron chi connectivity index (χ1n) is 8.40. The van der Waals surface area contributed by atoms with E-state index in [1.807, 2.05) is 25.1 Å². The van der Waals surface area contributed by atoms with Crippen LogP contribution in [0.15, 0.2) is 41.4 Å². The number of anilines is 1. The molecule has 0 fully saturated rings. The molecule has 0 aliphatic heterocycles. The van der Waals surface area contributed by atoms with Crippen molar-refractivity contribution in [1.82, 2.24) is 5.32 Å². The van der Waals surface area contributed by atoms with Crippen molar-refractivity contribution in [2.24, 2.45) is 4.99 Å². The lowest BCUT2D eigenvalue weighted by Gasteiger charge is -2.14. The number of hydrogen-bond donors (Lipinski definition) is 2. The predicted octanol–water partition coefficient (Wildman–Crippen LogP) is 3.90. The van der Waals surface area contributed by atoms with Gasteiger partial charge in [0.1, 0.15) is 0 Å². The number of aryl methyl sites for hydroxylation is 2. The lowest BCUT2D eigenvalue weighted by atomic mass is 10.1. The third-order valence-electron chi connectivity index (χ3n) is 3.90. The van der Waals surface area contributed by atoms with Crippen molar-refractivity contribution >= 4 is 11.6 Å². The van der Waals surface area contributed by atoms with Crippen LogP contribution in [0.4, 0.5) is 5.69 Å². The summed E-state index contributed by atoms with van der Waals surface area (Å²) < 4.78 is 10.6. The second-order valence-electron chi connectivity index (χ2n) is 5.82. The van der Waals surface area contributed by atoms with Crippen LogP contribution in [-0.4, -0.2) is 26.7 Å². The first kappa shape index (κ1) is 18.6. The van der Waals surface area contributed by atoms with E-state index in [4.69, 9.17) is 9.47 Å². The zero-order valence-electron chi connectivity index (χ0n) is 15.6. The molecular formula is C20H27N3O2. The summed E-state index contributed by atoms with van der Waals surface area (Å²) in [7, 11) is 3.25. The Morgan fingerprint density at radius 1 is 1.00 bits per heavy atom. The van der Waals surface area contributed by atoms with Gasteiger partial charge in [-0.3, -0.25) is 0 Å². The van der Waals surface area contributed by atoms with Crippen LogP contribution in [0.3, 0.4) is 0 Å². The van der Waals surface area contributed by atoms with Crippen LogP contribution in [0, 0.1) is 13.8 Å². The molecule has 5 nitrogen and oxygen atoms in total. The van der Waals surface area contributed by atoms with E-state index in [9.17, 15) is 0 Å². The molecule has 0 aliphatic carbocycles. The lowest BCUT2D eigenvalue weighted by molar-refractivity contribution is 0.355. The third kappa shape index (κ3) is 5.14. The first-order chi connectivity index (χ1) is 12.1. The second kappa shape index (κ2) is 8.97. The van der Waals surface area contributed by atoms with E-state index in [0.717, 1.165) is 18.2 Å². The average molecular weight is 341 g/mol. The van der Waals surface area contributed by atoms with Gasteiger partial charge in [0.2, 0.25) is 0 Å². The Labute approximate surface area is 150 Å². The fourth-order valence-electron chi connectivity index (χ4n) is 2.55. The molecule has 0 saturated heterocycles. The van der Waals surface area contributed by atoms with Gasteiger partial charge in [-0.05, 0) is 44.0 Å². The normalized spacial score (nSPS) is 11.2. The van der Waals surface area contributed by atoms with Gasteiger partial charge in [-0.15, -0.1) is 0 Å². The van der Waals surface area contributed by atoms with E-state index in [0.29, 0.717) is 18.0 Å². The van der Waals surface area contributed by atoms with Crippen LogP contribution in [0.1, 0.15) is 23.6 Å². The Kier molecular flexibility index (Phi) is 6.69. The summed E-state index contributed by atoms with van der Waals surface area (Å²) in [4.78, 5) is 4.69. The van der Waals surface area contributed by atoms with Crippen molar-refractivity contribution in [3.05, 3.63) is 53.1 Å². The van der Waals surface area contributed by atoms with Gasteiger partial charge in [-0.1, -0.05) is 23.8 Å². The Morgan fingerprint density at radius 3 is 2.40 bits per heavy atom. The van der Waals surface area contributed by atoms with Crippen LogP contribution in [0.2, 0.25) is 0 Å². The molecule has 0 unspecified atom stereocenters. The van der Waals surface area contributed by atoms with Crippen molar-refractivity contribution < 1.29 is 9.47 Å². The molecule has 5 heteroatoms. The van der Waals surface area contributed by atoms with E-state index in [2.05, 4.69) is 47.7 Å². The van der Waals surface area contributed by atoms with Gasteiger partial charge in [0.25, 0.3) is 0 Å². The molecule has 0 aromatic heterocycles. The number of ether oxygens (including phenoxy) is 2. The standard InChI is InChI=1S/C20H27N3O2/c1-6-21-20(22-13-16-8-7-14(2)11-15(16)3)23-17-9-10-18(24-4)19(12-17)25-5/h7-12H,6,13H2,1-5H3,(H2,21,22,23). The fourth-order valence-corrected chi connectivity index (χ4v) is 2.55. The molecule has 0 heterocycles. The summed E-state index contributed by atoms with van der Waals surface area (Å²) in [5.74, 6) is 2.11. The number of nitrogens with zero attached hydrogens (tertiary/aromatic N) is 1. The summed E-state index contributed by atoms with van der Waals surface area (Å²) in [5, 5.41) is 6.58. The van der Waals surface area contributed by atoms with Crippen molar-refractivity contribution in [3.8, 4) is 11.5 Å². The van der Waals surface area contributed by atoms with Crippen molar-refractivity contribution in [1.29, 1.82) is 0 Å². The molecule has 0 amide bonds. The van der Waals surface area contributed by atoms with Crippen LogP contribution >= 0.6 is 0 Å². The number of hydrogen-bond acceptors (Lipinski definition) is 3. The Hall–Kier alpha value is -2.69. The zero-order valence-corrected chi connectivity index (χ0v) is 15.6. The minimum atomic E-state index is 0.620. The third-order valence-corrected chi connectivity index (χ3v) is 3.90. The van der Waals surface area contributed by atoms with Gasteiger partial charge < -0.3 is 20.1 Å². The number of methoxy groups -OCH3 is 2. The molecule has 0 spiro atoms. The maximum atomic E-state index is 5.35. The zero-order chi connectivity index (χ0) is 18.2. The van der Waals surface area contributed by atoms with Gasteiger partial charge >= 0.3 is 0 Å². The van der Waals surface area contributed by atoms with E-state index < -0.39 is 0 Å². The van der Waals surface area contributed by atoms with E-state index >= 15 is 0 Å². The number of guanidine groups is 1. The van der Waals surface area contributed by atoms with Crippen molar-refractivity contribution in [3.63, 3.8) is 0 Å². The van der Waals surface area contributed by atoms with E-state index in [1.54, 1.807) is 14.2 Å². The first-order valence-corrected chi connectivity index (χ1v) is 8.40. The highest BCUT2D eigenvalue weighted by Gasteiger charge is 2.06. The minimum Gasteiger partial charge on any atom is -0.493 e. The molecule has 2 N–H and O–H groups in total. The number of aliphatic imine (C=N–C) groups is 1. The predicted molar refractivity (Wildman–Crippen MR) is 104 cm³/mol. The average Bonchev–Trinajstić information content (AvgIpc) is 2.60. The van der Waals surface area contributed by atoms with Gasteiger partial charge in [0.05, 0.1) is 20.8 Å². The highest BCUT2D eigenvalue weighted by atomic mass is 16.5. The maximum absolute atomic E-state index is 5.35. The number of rotatable bonds is 6. The molecule has 0 bridgehead atoms. The summed E-state index contributed by atoms with van der Waals surface area (Å²) >= 11 is 0. The van der Waals surface area contributed by atoms with Gasteiger partial charge in [0, 0.05) is 18.3 Å². The molecule has 0 aliphatic rings. The number of benzene rings is 2.